The van der Waals surface area contributed by atoms with E-state index in [9.17, 15) is 18.1 Å². The number of halogens is 2. The van der Waals surface area contributed by atoms with Gasteiger partial charge in [0, 0.05) is 11.6 Å². The number of benzene rings is 2. The summed E-state index contributed by atoms with van der Waals surface area (Å²) < 4.78 is 47.3. The normalized spacial score (nSPS) is 11.5. The van der Waals surface area contributed by atoms with Crippen molar-refractivity contribution in [2.75, 3.05) is 7.11 Å². The molecule has 0 bridgehead atoms. The summed E-state index contributed by atoms with van der Waals surface area (Å²) in [5.74, 6) is -0.0427. The highest BCUT2D eigenvalue weighted by atomic mass is 31.2. The first kappa shape index (κ1) is 22.6. The summed E-state index contributed by atoms with van der Waals surface area (Å²) in [6.07, 6.45) is -0.415. The lowest BCUT2D eigenvalue weighted by Gasteiger charge is -2.12. The van der Waals surface area contributed by atoms with Crippen molar-refractivity contribution in [3.05, 3.63) is 76.1 Å². The summed E-state index contributed by atoms with van der Waals surface area (Å²) in [7, 11) is -2.90. The molecular formula is C20H19F2N2O6P. The first-order chi connectivity index (χ1) is 14.6. The molecule has 0 aliphatic heterocycles. The van der Waals surface area contributed by atoms with Gasteiger partial charge in [-0.3, -0.25) is 9.36 Å². The van der Waals surface area contributed by atoms with Crippen molar-refractivity contribution in [1.82, 2.24) is 9.78 Å². The molecule has 0 amide bonds. The van der Waals surface area contributed by atoms with Gasteiger partial charge in [-0.2, -0.15) is 13.9 Å². The van der Waals surface area contributed by atoms with Gasteiger partial charge in [0.15, 0.2) is 11.5 Å². The van der Waals surface area contributed by atoms with Crippen LogP contribution < -0.4 is 15.0 Å². The Kier molecular flexibility index (Phi) is 6.84. The second-order valence-electron chi connectivity index (χ2n) is 6.60. The van der Waals surface area contributed by atoms with Crippen LogP contribution in [0, 0.1) is 0 Å². The zero-order valence-corrected chi connectivity index (χ0v) is 17.2. The number of alkyl halides is 2. The highest BCUT2D eigenvalue weighted by molar-refractivity contribution is 7.50. The van der Waals surface area contributed by atoms with Crippen molar-refractivity contribution in [3.63, 3.8) is 0 Å². The van der Waals surface area contributed by atoms with Gasteiger partial charge < -0.3 is 19.3 Å². The lowest BCUT2D eigenvalue weighted by molar-refractivity contribution is -0.0511. The van der Waals surface area contributed by atoms with Crippen molar-refractivity contribution in [2.45, 2.75) is 19.3 Å². The maximum atomic E-state index is 12.7. The molecule has 8 nitrogen and oxygen atoms in total. The monoisotopic (exact) mass is 452 g/mol. The standard InChI is InChI=1S/C20H19F2N2O6P/c1-29-17-7-5-15(10-18(17)30-20(21)22)16-6-8-19(25)24(23-16)11-13-3-2-4-14(9-13)12-31(26,27)28/h2-10,20H,11-12H2,1H3,(H2,26,27,28). The Morgan fingerprint density at radius 3 is 2.48 bits per heavy atom. The van der Waals surface area contributed by atoms with E-state index in [2.05, 4.69) is 9.84 Å². The van der Waals surface area contributed by atoms with E-state index in [0.29, 0.717) is 22.4 Å². The second-order valence-corrected chi connectivity index (χ2v) is 8.25. The van der Waals surface area contributed by atoms with E-state index >= 15 is 0 Å². The summed E-state index contributed by atoms with van der Waals surface area (Å²) in [6.45, 7) is -2.98. The molecule has 0 fully saturated rings. The first-order valence-electron chi connectivity index (χ1n) is 8.98. The number of hydrogen-bond donors (Lipinski definition) is 2. The van der Waals surface area contributed by atoms with E-state index in [1.807, 2.05) is 0 Å². The molecule has 0 atom stereocenters. The van der Waals surface area contributed by atoms with Gasteiger partial charge in [-0.1, -0.05) is 24.3 Å². The number of aromatic nitrogens is 2. The topological polar surface area (TPSA) is 111 Å². The maximum absolute atomic E-state index is 12.7. The van der Waals surface area contributed by atoms with E-state index in [4.69, 9.17) is 14.5 Å². The van der Waals surface area contributed by atoms with Gasteiger partial charge in [0.2, 0.25) is 0 Å². The minimum absolute atomic E-state index is 0.0538. The molecule has 0 spiro atoms. The molecule has 31 heavy (non-hydrogen) atoms. The van der Waals surface area contributed by atoms with Crippen molar-refractivity contribution in [2.24, 2.45) is 0 Å². The van der Waals surface area contributed by atoms with Crippen LogP contribution in [-0.2, 0) is 17.3 Å². The molecule has 3 aromatic rings. The Morgan fingerprint density at radius 1 is 1.06 bits per heavy atom. The molecule has 0 unspecified atom stereocenters. The van der Waals surface area contributed by atoms with Crippen molar-refractivity contribution in [3.8, 4) is 22.8 Å². The number of ether oxygens (including phenoxy) is 2. The van der Waals surface area contributed by atoms with Gasteiger partial charge in [0.1, 0.15) is 0 Å². The van der Waals surface area contributed by atoms with Crippen LogP contribution in [0.25, 0.3) is 11.3 Å². The van der Waals surface area contributed by atoms with Crippen LogP contribution in [0.1, 0.15) is 11.1 Å². The largest absolute Gasteiger partial charge is 0.493 e. The summed E-state index contributed by atoms with van der Waals surface area (Å²) >= 11 is 0. The lowest BCUT2D eigenvalue weighted by Crippen LogP contribution is -2.22. The predicted octanol–water partition coefficient (Wildman–Crippen LogP) is 3.25. The van der Waals surface area contributed by atoms with E-state index in [-0.39, 0.29) is 18.0 Å². The quantitative estimate of drug-likeness (QED) is 0.505. The Balaban J connectivity index is 1.92. The van der Waals surface area contributed by atoms with Gasteiger partial charge in [-0.05, 0) is 35.4 Å². The molecule has 2 N–H and O–H groups in total. The van der Waals surface area contributed by atoms with Crippen LogP contribution in [0.5, 0.6) is 11.5 Å². The number of rotatable bonds is 8. The van der Waals surface area contributed by atoms with Crippen molar-refractivity contribution >= 4 is 7.60 Å². The first-order valence-corrected chi connectivity index (χ1v) is 10.8. The average Bonchev–Trinajstić information content (AvgIpc) is 2.68. The van der Waals surface area contributed by atoms with Crippen LogP contribution in [0.2, 0.25) is 0 Å². The van der Waals surface area contributed by atoms with Gasteiger partial charge in [0.25, 0.3) is 5.56 Å². The van der Waals surface area contributed by atoms with Crippen molar-refractivity contribution in [1.29, 1.82) is 0 Å². The number of methoxy groups -OCH3 is 1. The maximum Gasteiger partial charge on any atom is 0.387 e. The van der Waals surface area contributed by atoms with E-state index in [1.165, 1.54) is 36.1 Å². The minimum atomic E-state index is -4.23. The molecule has 164 valence electrons. The lowest BCUT2D eigenvalue weighted by atomic mass is 10.1. The smallest absolute Gasteiger partial charge is 0.387 e. The molecule has 0 aliphatic carbocycles. The minimum Gasteiger partial charge on any atom is -0.493 e. The highest BCUT2D eigenvalue weighted by Gasteiger charge is 2.15. The van der Waals surface area contributed by atoms with Crippen LogP contribution in [0.15, 0.2) is 59.4 Å². The molecule has 1 heterocycles. The fraction of sp³-hybridized carbons (Fsp3) is 0.200. The summed E-state index contributed by atoms with van der Waals surface area (Å²) in [6, 6.07) is 13.6. The highest BCUT2D eigenvalue weighted by Crippen LogP contribution is 2.39. The molecule has 0 aliphatic rings. The molecule has 0 saturated heterocycles. The molecule has 0 saturated carbocycles. The Hall–Kier alpha value is -3.07. The van der Waals surface area contributed by atoms with Crippen LogP contribution in [0.3, 0.4) is 0 Å². The van der Waals surface area contributed by atoms with E-state index in [1.54, 1.807) is 30.3 Å². The molecule has 2 aromatic carbocycles. The van der Waals surface area contributed by atoms with Gasteiger partial charge in [0.05, 0.1) is 25.5 Å². The van der Waals surface area contributed by atoms with Gasteiger partial charge in [-0.15, -0.1) is 0 Å². The van der Waals surface area contributed by atoms with E-state index in [0.717, 1.165) is 0 Å². The third-order valence-corrected chi connectivity index (χ3v) is 5.03. The summed E-state index contributed by atoms with van der Waals surface area (Å²) in [5, 5.41) is 4.28. The fourth-order valence-corrected chi connectivity index (χ4v) is 3.65. The van der Waals surface area contributed by atoms with Crippen LogP contribution in [0.4, 0.5) is 8.78 Å². The third kappa shape index (κ3) is 6.21. The molecular weight excluding hydrogens is 433 g/mol. The predicted molar refractivity (Wildman–Crippen MR) is 108 cm³/mol. The number of hydrogen-bond acceptors (Lipinski definition) is 5. The zero-order chi connectivity index (χ0) is 22.6. The average molecular weight is 452 g/mol. The molecule has 3 rings (SSSR count). The van der Waals surface area contributed by atoms with E-state index < -0.39 is 25.9 Å². The fourth-order valence-electron chi connectivity index (χ4n) is 2.98. The summed E-state index contributed by atoms with van der Waals surface area (Å²) in [5.41, 5.74) is 1.42. The molecule has 1 aromatic heterocycles. The third-order valence-electron chi connectivity index (χ3n) is 4.25. The Bertz CT molecular complexity index is 1180. The number of nitrogens with zero attached hydrogens (tertiary/aromatic N) is 2. The SMILES string of the molecule is COc1ccc(-c2ccc(=O)n(Cc3cccc(CP(=O)(O)O)c3)n2)cc1OC(F)F. The molecule has 0 radical (unpaired) electrons. The van der Waals surface area contributed by atoms with Gasteiger partial charge >= 0.3 is 14.2 Å². The second kappa shape index (κ2) is 9.38. The summed E-state index contributed by atoms with van der Waals surface area (Å²) in [4.78, 5) is 30.6. The Morgan fingerprint density at radius 2 is 1.81 bits per heavy atom. The molecule has 11 heteroatoms. The van der Waals surface area contributed by atoms with Crippen LogP contribution >= 0.6 is 7.60 Å². The van der Waals surface area contributed by atoms with Crippen molar-refractivity contribution < 1.29 is 32.6 Å². The zero-order valence-electron chi connectivity index (χ0n) is 16.3. The Labute approximate surface area is 175 Å². The van der Waals surface area contributed by atoms with Gasteiger partial charge in [-0.25, -0.2) is 4.68 Å². The van der Waals surface area contributed by atoms with Crippen LogP contribution in [-0.4, -0.2) is 33.3 Å².